The third kappa shape index (κ3) is 3.82. The lowest BCUT2D eigenvalue weighted by Crippen LogP contribution is -2.17. The van der Waals surface area contributed by atoms with Gasteiger partial charge in [-0.15, -0.1) is 0 Å². The first kappa shape index (κ1) is 16.2. The van der Waals surface area contributed by atoms with Crippen molar-refractivity contribution >= 4 is 35.3 Å². The summed E-state index contributed by atoms with van der Waals surface area (Å²) in [6, 6.07) is 11.9. The smallest absolute Gasteiger partial charge is 0.272 e. The van der Waals surface area contributed by atoms with Crippen LogP contribution in [0.3, 0.4) is 0 Å². The molecule has 2 aromatic heterocycles. The highest BCUT2D eigenvalue weighted by atomic mass is 35.5. The Morgan fingerprint density at radius 2 is 2.08 bits per heavy atom. The van der Waals surface area contributed by atoms with Gasteiger partial charge < -0.3 is 4.42 Å². The maximum absolute atomic E-state index is 11.8. The standard InChI is InChI=1S/C17H11Cl2N3O2/c18-12-3-5-15(19)14(8-12)16-6-4-13(24-16)10-21-22-17(23)11-2-1-7-20-9-11/h1-10H,(H,22,23). The van der Waals surface area contributed by atoms with Gasteiger partial charge in [-0.1, -0.05) is 23.2 Å². The summed E-state index contributed by atoms with van der Waals surface area (Å²) in [5.74, 6) is 0.666. The number of hydrazone groups is 1. The Morgan fingerprint density at radius 3 is 2.88 bits per heavy atom. The van der Waals surface area contributed by atoms with E-state index in [-0.39, 0.29) is 5.91 Å². The number of carbonyl (C=O) groups excluding carboxylic acids is 1. The Balaban J connectivity index is 1.70. The predicted molar refractivity (Wildman–Crippen MR) is 93.5 cm³/mol. The van der Waals surface area contributed by atoms with E-state index in [4.69, 9.17) is 27.6 Å². The summed E-state index contributed by atoms with van der Waals surface area (Å²) in [4.78, 5) is 15.7. The summed E-state index contributed by atoms with van der Waals surface area (Å²) in [5.41, 5.74) is 3.50. The lowest BCUT2D eigenvalue weighted by molar-refractivity contribution is 0.0955. The topological polar surface area (TPSA) is 67.5 Å². The Kier molecular flexibility index (Phi) is 4.93. The van der Waals surface area contributed by atoms with E-state index in [9.17, 15) is 4.79 Å². The first-order valence-corrected chi connectivity index (χ1v) is 7.68. The molecule has 0 aliphatic carbocycles. The molecule has 0 aliphatic heterocycles. The van der Waals surface area contributed by atoms with Crippen LogP contribution in [-0.4, -0.2) is 17.1 Å². The molecule has 0 saturated carbocycles. The number of aromatic nitrogens is 1. The van der Waals surface area contributed by atoms with Crippen molar-refractivity contribution in [3.05, 3.63) is 76.2 Å². The van der Waals surface area contributed by atoms with Gasteiger partial charge in [0, 0.05) is 23.0 Å². The Morgan fingerprint density at radius 1 is 1.21 bits per heavy atom. The van der Waals surface area contributed by atoms with Crippen LogP contribution in [0, 0.1) is 0 Å². The summed E-state index contributed by atoms with van der Waals surface area (Å²) in [6.07, 6.45) is 4.44. The maximum atomic E-state index is 11.8. The first-order valence-electron chi connectivity index (χ1n) is 6.92. The number of furan rings is 1. The molecule has 7 heteroatoms. The lowest BCUT2D eigenvalue weighted by Gasteiger charge is -2.01. The van der Waals surface area contributed by atoms with Gasteiger partial charge in [-0.05, 0) is 42.5 Å². The molecule has 0 fully saturated rings. The van der Waals surface area contributed by atoms with E-state index in [1.54, 1.807) is 48.7 Å². The van der Waals surface area contributed by atoms with Crippen LogP contribution >= 0.6 is 23.2 Å². The Labute approximate surface area is 147 Å². The highest BCUT2D eigenvalue weighted by Crippen LogP contribution is 2.31. The average molecular weight is 360 g/mol. The molecule has 0 spiro atoms. The van der Waals surface area contributed by atoms with Crippen molar-refractivity contribution in [3.8, 4) is 11.3 Å². The average Bonchev–Trinajstić information content (AvgIpc) is 3.06. The van der Waals surface area contributed by atoms with E-state index in [1.165, 1.54) is 12.4 Å². The third-order valence-electron chi connectivity index (χ3n) is 3.10. The van der Waals surface area contributed by atoms with Gasteiger partial charge in [-0.3, -0.25) is 9.78 Å². The molecule has 1 N–H and O–H groups in total. The van der Waals surface area contributed by atoms with E-state index in [1.807, 2.05) is 0 Å². The van der Waals surface area contributed by atoms with Gasteiger partial charge in [-0.25, -0.2) is 5.43 Å². The third-order valence-corrected chi connectivity index (χ3v) is 3.67. The SMILES string of the molecule is O=C(NN=Cc1ccc(-c2cc(Cl)ccc2Cl)o1)c1cccnc1. The molecular weight excluding hydrogens is 349 g/mol. The highest BCUT2D eigenvalue weighted by molar-refractivity contribution is 6.35. The fourth-order valence-corrected chi connectivity index (χ4v) is 2.35. The van der Waals surface area contributed by atoms with Crippen molar-refractivity contribution in [1.29, 1.82) is 0 Å². The van der Waals surface area contributed by atoms with Crippen LogP contribution in [0.5, 0.6) is 0 Å². The van der Waals surface area contributed by atoms with Gasteiger partial charge in [0.05, 0.1) is 16.8 Å². The fraction of sp³-hybridized carbons (Fsp3) is 0. The summed E-state index contributed by atoms with van der Waals surface area (Å²) in [6.45, 7) is 0. The molecule has 120 valence electrons. The second kappa shape index (κ2) is 7.29. The van der Waals surface area contributed by atoms with E-state index in [2.05, 4.69) is 15.5 Å². The second-order valence-electron chi connectivity index (χ2n) is 4.77. The molecular formula is C17H11Cl2N3O2. The second-order valence-corrected chi connectivity index (χ2v) is 5.61. The molecule has 2 heterocycles. The molecule has 0 unspecified atom stereocenters. The molecule has 0 atom stereocenters. The van der Waals surface area contributed by atoms with Crippen LogP contribution in [0.1, 0.15) is 16.1 Å². The van der Waals surface area contributed by atoms with Gasteiger partial charge >= 0.3 is 0 Å². The van der Waals surface area contributed by atoms with Crippen LogP contribution in [0.4, 0.5) is 0 Å². The molecule has 0 saturated heterocycles. The van der Waals surface area contributed by atoms with Gasteiger partial charge in [0.2, 0.25) is 0 Å². The summed E-state index contributed by atoms with van der Waals surface area (Å²) >= 11 is 12.1. The van der Waals surface area contributed by atoms with Crippen molar-refractivity contribution in [2.45, 2.75) is 0 Å². The molecule has 0 bridgehead atoms. The number of nitrogens with zero attached hydrogens (tertiary/aromatic N) is 2. The molecule has 3 rings (SSSR count). The molecule has 5 nitrogen and oxygen atoms in total. The zero-order chi connectivity index (χ0) is 16.9. The van der Waals surface area contributed by atoms with Crippen molar-refractivity contribution < 1.29 is 9.21 Å². The number of carbonyl (C=O) groups is 1. The minimum atomic E-state index is -0.357. The van der Waals surface area contributed by atoms with Crippen LogP contribution in [0.2, 0.25) is 10.0 Å². The molecule has 1 aromatic carbocycles. The number of hydrogen-bond donors (Lipinski definition) is 1. The lowest BCUT2D eigenvalue weighted by atomic mass is 10.2. The minimum absolute atomic E-state index is 0.357. The van der Waals surface area contributed by atoms with Gasteiger partial charge in [0.1, 0.15) is 11.5 Å². The number of nitrogens with one attached hydrogen (secondary N) is 1. The van der Waals surface area contributed by atoms with E-state index in [0.29, 0.717) is 32.7 Å². The quantitative estimate of drug-likeness (QED) is 0.554. The van der Waals surface area contributed by atoms with E-state index < -0.39 is 0 Å². The van der Waals surface area contributed by atoms with Crippen molar-refractivity contribution in [1.82, 2.24) is 10.4 Å². The predicted octanol–water partition coefficient (Wildman–Crippen LogP) is 4.41. The number of halogens is 2. The largest absolute Gasteiger partial charge is 0.455 e. The number of rotatable bonds is 4. The molecule has 3 aromatic rings. The summed E-state index contributed by atoms with van der Waals surface area (Å²) < 4.78 is 5.64. The van der Waals surface area contributed by atoms with Crippen molar-refractivity contribution in [2.24, 2.45) is 5.10 Å². The normalized spacial score (nSPS) is 10.9. The van der Waals surface area contributed by atoms with Gasteiger partial charge in [0.25, 0.3) is 5.91 Å². The van der Waals surface area contributed by atoms with E-state index >= 15 is 0 Å². The molecule has 1 amide bonds. The minimum Gasteiger partial charge on any atom is -0.455 e. The van der Waals surface area contributed by atoms with Crippen LogP contribution in [0.15, 0.2) is 64.4 Å². The van der Waals surface area contributed by atoms with E-state index in [0.717, 1.165) is 0 Å². The van der Waals surface area contributed by atoms with Gasteiger partial charge in [0.15, 0.2) is 0 Å². The van der Waals surface area contributed by atoms with Gasteiger partial charge in [-0.2, -0.15) is 5.10 Å². The van der Waals surface area contributed by atoms with Crippen LogP contribution < -0.4 is 5.43 Å². The first-order chi connectivity index (χ1) is 11.6. The number of hydrogen-bond acceptors (Lipinski definition) is 4. The number of pyridine rings is 1. The van der Waals surface area contributed by atoms with Crippen molar-refractivity contribution in [2.75, 3.05) is 0 Å². The molecule has 0 aliphatic rings. The van der Waals surface area contributed by atoms with Crippen LogP contribution in [-0.2, 0) is 0 Å². The Hall–Kier alpha value is -2.63. The van der Waals surface area contributed by atoms with Crippen molar-refractivity contribution in [3.63, 3.8) is 0 Å². The monoisotopic (exact) mass is 359 g/mol. The summed E-state index contributed by atoms with van der Waals surface area (Å²) in [5, 5.41) is 4.95. The number of benzene rings is 1. The zero-order valence-corrected chi connectivity index (χ0v) is 13.8. The zero-order valence-electron chi connectivity index (χ0n) is 12.2. The number of amides is 1. The summed E-state index contributed by atoms with van der Waals surface area (Å²) in [7, 11) is 0. The Bertz CT molecular complexity index is 892. The molecule has 0 radical (unpaired) electrons. The van der Waals surface area contributed by atoms with Crippen LogP contribution in [0.25, 0.3) is 11.3 Å². The highest BCUT2D eigenvalue weighted by Gasteiger charge is 2.09. The maximum Gasteiger partial charge on any atom is 0.272 e. The fourth-order valence-electron chi connectivity index (χ4n) is 1.97. The molecule has 24 heavy (non-hydrogen) atoms.